The fourth-order valence-corrected chi connectivity index (χ4v) is 2.38. The zero-order chi connectivity index (χ0) is 13.8. The molecule has 0 aromatic heterocycles. The van der Waals surface area contributed by atoms with Gasteiger partial charge >= 0.3 is 0 Å². The summed E-state index contributed by atoms with van der Waals surface area (Å²) in [6.07, 6.45) is 9.09. The van der Waals surface area contributed by atoms with Crippen molar-refractivity contribution in [2.24, 2.45) is 11.7 Å². The minimum atomic E-state index is 0.369. The van der Waals surface area contributed by atoms with Gasteiger partial charge < -0.3 is 10.6 Å². The van der Waals surface area contributed by atoms with Crippen LogP contribution in [0.25, 0.3) is 0 Å². The minimum Gasteiger partial charge on any atom is -0.328 e. The van der Waals surface area contributed by atoms with Gasteiger partial charge in [0.25, 0.3) is 0 Å². The number of hydrogen-bond acceptors (Lipinski definition) is 2. The van der Waals surface area contributed by atoms with Crippen molar-refractivity contribution in [1.29, 1.82) is 0 Å². The zero-order valence-corrected chi connectivity index (χ0v) is 13.3. The van der Waals surface area contributed by atoms with E-state index in [0.29, 0.717) is 6.04 Å². The fourth-order valence-electron chi connectivity index (χ4n) is 2.38. The lowest BCUT2D eigenvalue weighted by Gasteiger charge is -2.25. The predicted octanol–water partition coefficient (Wildman–Crippen LogP) is 4.04. The summed E-state index contributed by atoms with van der Waals surface area (Å²) in [7, 11) is 0. The lowest BCUT2D eigenvalue weighted by molar-refractivity contribution is 0.223. The Hall–Kier alpha value is -0.0800. The van der Waals surface area contributed by atoms with Crippen molar-refractivity contribution in [3.8, 4) is 0 Å². The summed E-state index contributed by atoms with van der Waals surface area (Å²) in [5.74, 6) is 0.817. The second-order valence-corrected chi connectivity index (χ2v) is 6.02. The third kappa shape index (κ3) is 11.0. The molecular weight excluding hydrogens is 220 g/mol. The molecule has 0 aromatic carbocycles. The van der Waals surface area contributed by atoms with Crippen LogP contribution in [0.3, 0.4) is 0 Å². The van der Waals surface area contributed by atoms with Gasteiger partial charge in [0.05, 0.1) is 0 Å². The highest BCUT2D eigenvalue weighted by molar-refractivity contribution is 4.64. The highest BCUT2D eigenvalue weighted by Crippen LogP contribution is 2.12. The number of nitrogens with zero attached hydrogens (tertiary/aromatic N) is 1. The fraction of sp³-hybridized carbons (Fsp3) is 1.00. The molecule has 0 heterocycles. The van der Waals surface area contributed by atoms with Crippen LogP contribution in [0.2, 0.25) is 0 Å². The van der Waals surface area contributed by atoms with Crippen molar-refractivity contribution >= 4 is 0 Å². The third-order valence-electron chi connectivity index (χ3n) is 3.58. The van der Waals surface area contributed by atoms with E-state index in [4.69, 9.17) is 5.73 Å². The second kappa shape index (κ2) is 12.0. The Morgan fingerprint density at radius 1 is 0.889 bits per heavy atom. The highest BCUT2D eigenvalue weighted by Gasteiger charge is 2.09. The van der Waals surface area contributed by atoms with Crippen molar-refractivity contribution < 1.29 is 0 Å². The van der Waals surface area contributed by atoms with Crippen LogP contribution in [-0.4, -0.2) is 30.6 Å². The average molecular weight is 256 g/mol. The Balaban J connectivity index is 3.81. The summed E-state index contributed by atoms with van der Waals surface area (Å²) >= 11 is 0. The molecule has 2 atom stereocenters. The SMILES string of the molecule is CCCCN(CCCC)CC(C)CCCC(C)N. The number of hydrogen-bond donors (Lipinski definition) is 1. The Morgan fingerprint density at radius 2 is 1.44 bits per heavy atom. The molecule has 0 saturated heterocycles. The van der Waals surface area contributed by atoms with Crippen molar-refractivity contribution in [1.82, 2.24) is 4.90 Å². The van der Waals surface area contributed by atoms with Gasteiger partial charge in [-0.3, -0.25) is 0 Å². The molecule has 0 radical (unpaired) electrons. The molecule has 2 heteroatoms. The standard InChI is InChI=1S/C16H36N2/c1-5-7-12-18(13-8-6-2)14-15(3)10-9-11-16(4)17/h15-16H,5-14,17H2,1-4H3. The van der Waals surface area contributed by atoms with E-state index in [0.717, 1.165) is 5.92 Å². The number of rotatable bonds is 12. The molecule has 0 aromatic rings. The van der Waals surface area contributed by atoms with E-state index in [1.54, 1.807) is 0 Å². The van der Waals surface area contributed by atoms with Crippen LogP contribution in [0, 0.1) is 5.92 Å². The maximum absolute atomic E-state index is 5.80. The van der Waals surface area contributed by atoms with Gasteiger partial charge in [-0.2, -0.15) is 0 Å². The molecule has 2 nitrogen and oxygen atoms in total. The maximum Gasteiger partial charge on any atom is 0.00104 e. The van der Waals surface area contributed by atoms with Crippen LogP contribution in [-0.2, 0) is 0 Å². The molecule has 0 saturated carbocycles. The first-order valence-electron chi connectivity index (χ1n) is 8.08. The normalized spacial score (nSPS) is 15.0. The molecule has 0 rings (SSSR count). The minimum absolute atomic E-state index is 0.369. The quantitative estimate of drug-likeness (QED) is 0.571. The van der Waals surface area contributed by atoms with Gasteiger partial charge in [-0.1, -0.05) is 40.0 Å². The molecule has 0 aliphatic carbocycles. The van der Waals surface area contributed by atoms with Crippen LogP contribution in [0.5, 0.6) is 0 Å². The van der Waals surface area contributed by atoms with Gasteiger partial charge in [0.2, 0.25) is 0 Å². The molecular formula is C16H36N2. The first-order chi connectivity index (χ1) is 8.60. The molecule has 2 N–H and O–H groups in total. The molecule has 0 bridgehead atoms. The van der Waals surface area contributed by atoms with Gasteiger partial charge in [-0.05, 0) is 51.6 Å². The van der Waals surface area contributed by atoms with Crippen molar-refractivity contribution in [3.63, 3.8) is 0 Å². The molecule has 110 valence electrons. The van der Waals surface area contributed by atoms with Crippen LogP contribution in [0.4, 0.5) is 0 Å². The van der Waals surface area contributed by atoms with E-state index in [9.17, 15) is 0 Å². The van der Waals surface area contributed by atoms with E-state index in [1.807, 2.05) is 0 Å². The smallest absolute Gasteiger partial charge is 0.00104 e. The Bertz CT molecular complexity index is 160. The first-order valence-corrected chi connectivity index (χ1v) is 8.08. The van der Waals surface area contributed by atoms with E-state index in [-0.39, 0.29) is 0 Å². The van der Waals surface area contributed by atoms with Crippen LogP contribution in [0.15, 0.2) is 0 Å². The number of unbranched alkanes of at least 4 members (excludes halogenated alkanes) is 2. The molecule has 18 heavy (non-hydrogen) atoms. The molecule has 0 spiro atoms. The lowest BCUT2D eigenvalue weighted by Crippen LogP contribution is -2.30. The monoisotopic (exact) mass is 256 g/mol. The van der Waals surface area contributed by atoms with Gasteiger partial charge in [0.1, 0.15) is 0 Å². The van der Waals surface area contributed by atoms with Crippen molar-refractivity contribution in [2.75, 3.05) is 19.6 Å². The van der Waals surface area contributed by atoms with Crippen molar-refractivity contribution in [3.05, 3.63) is 0 Å². The highest BCUT2D eigenvalue weighted by atomic mass is 15.1. The Morgan fingerprint density at radius 3 is 1.89 bits per heavy atom. The second-order valence-electron chi connectivity index (χ2n) is 6.02. The summed E-state index contributed by atoms with van der Waals surface area (Å²) in [6, 6.07) is 0.369. The number of nitrogens with two attached hydrogens (primary N) is 1. The summed E-state index contributed by atoms with van der Waals surface area (Å²) in [6.45, 7) is 12.9. The van der Waals surface area contributed by atoms with E-state index in [1.165, 1.54) is 64.6 Å². The zero-order valence-electron chi connectivity index (χ0n) is 13.3. The largest absolute Gasteiger partial charge is 0.328 e. The summed E-state index contributed by atoms with van der Waals surface area (Å²) in [5, 5.41) is 0. The van der Waals surface area contributed by atoms with Crippen molar-refractivity contribution in [2.45, 2.75) is 78.7 Å². The van der Waals surface area contributed by atoms with E-state index >= 15 is 0 Å². The Labute approximate surface area is 115 Å². The van der Waals surface area contributed by atoms with Gasteiger partial charge in [-0.15, -0.1) is 0 Å². The summed E-state index contributed by atoms with van der Waals surface area (Å²) in [4.78, 5) is 2.67. The van der Waals surface area contributed by atoms with Gasteiger partial charge in [0.15, 0.2) is 0 Å². The van der Waals surface area contributed by atoms with Gasteiger partial charge in [0, 0.05) is 12.6 Å². The molecule has 0 amide bonds. The first kappa shape index (κ1) is 17.9. The Kier molecular flexibility index (Phi) is 11.9. The van der Waals surface area contributed by atoms with Gasteiger partial charge in [-0.25, -0.2) is 0 Å². The topological polar surface area (TPSA) is 29.3 Å². The molecule has 0 fully saturated rings. The predicted molar refractivity (Wildman–Crippen MR) is 82.9 cm³/mol. The molecule has 2 unspecified atom stereocenters. The van der Waals surface area contributed by atoms with E-state index < -0.39 is 0 Å². The molecule has 0 aliphatic rings. The lowest BCUT2D eigenvalue weighted by atomic mass is 10.0. The van der Waals surface area contributed by atoms with Crippen LogP contribution in [0.1, 0.15) is 72.6 Å². The molecule has 0 aliphatic heterocycles. The average Bonchev–Trinajstić information content (AvgIpc) is 2.32. The van der Waals surface area contributed by atoms with E-state index in [2.05, 4.69) is 32.6 Å². The third-order valence-corrected chi connectivity index (χ3v) is 3.58. The maximum atomic E-state index is 5.80. The van der Waals surface area contributed by atoms with Crippen LogP contribution < -0.4 is 5.73 Å². The summed E-state index contributed by atoms with van der Waals surface area (Å²) < 4.78 is 0. The van der Waals surface area contributed by atoms with Crippen LogP contribution >= 0.6 is 0 Å². The summed E-state index contributed by atoms with van der Waals surface area (Å²) in [5.41, 5.74) is 5.80.